The van der Waals surface area contributed by atoms with Gasteiger partial charge in [0.15, 0.2) is 0 Å². The van der Waals surface area contributed by atoms with E-state index in [1.165, 1.54) is 7.11 Å². The number of furan rings is 1. The Kier molecular flexibility index (Phi) is 6.84. The number of nitrogens with one attached hydrogen (secondary N) is 2. The zero-order valence-electron chi connectivity index (χ0n) is 20.1. The fourth-order valence-corrected chi connectivity index (χ4v) is 4.37. The zero-order chi connectivity index (χ0) is 26.8. The fourth-order valence-electron chi connectivity index (χ4n) is 4.11. The molecule has 0 spiro atoms. The van der Waals surface area contributed by atoms with Crippen molar-refractivity contribution in [2.45, 2.75) is 6.54 Å². The van der Waals surface area contributed by atoms with E-state index >= 15 is 0 Å². The highest BCUT2D eigenvalue weighted by atomic mass is 79.9. The number of imide groups is 1. The standard InChI is InChI=1S/C27H21BrN4O6/c1-37-26(35)23-11-10-19(38-23)14-31-13-16(20-4-2-3-5-22(20)31)12-21-25(34)32(27(36)30-21)15-24(33)29-18-8-6-17(28)7-9-18/h2-13H,14-15H2,1H3,(H,29,33)(H,30,36)/b21-12-. The zero-order valence-corrected chi connectivity index (χ0v) is 21.7. The Bertz CT molecular complexity index is 1600. The third kappa shape index (κ3) is 5.09. The molecule has 0 atom stereocenters. The van der Waals surface area contributed by atoms with E-state index in [1.54, 1.807) is 42.5 Å². The van der Waals surface area contributed by atoms with Gasteiger partial charge in [-0.3, -0.25) is 9.59 Å². The summed E-state index contributed by atoms with van der Waals surface area (Å²) in [5, 5.41) is 6.07. The van der Waals surface area contributed by atoms with Crippen molar-refractivity contribution in [2.24, 2.45) is 0 Å². The summed E-state index contributed by atoms with van der Waals surface area (Å²) in [5.41, 5.74) is 2.15. The second-order valence-corrected chi connectivity index (χ2v) is 9.34. The van der Waals surface area contributed by atoms with E-state index in [1.807, 2.05) is 35.0 Å². The smallest absolute Gasteiger partial charge is 0.373 e. The van der Waals surface area contributed by atoms with Crippen LogP contribution in [-0.4, -0.2) is 46.9 Å². The Balaban J connectivity index is 1.36. The van der Waals surface area contributed by atoms with E-state index in [0.29, 0.717) is 23.6 Å². The maximum atomic E-state index is 13.0. The van der Waals surface area contributed by atoms with Gasteiger partial charge in [0.05, 0.1) is 13.7 Å². The SMILES string of the molecule is COC(=O)c1ccc(Cn2cc(/C=C3\NC(=O)N(CC(=O)Nc4ccc(Br)cc4)C3=O)c3ccccc32)o1. The van der Waals surface area contributed by atoms with Crippen LogP contribution in [0.4, 0.5) is 10.5 Å². The van der Waals surface area contributed by atoms with Gasteiger partial charge in [-0.2, -0.15) is 0 Å². The van der Waals surface area contributed by atoms with Crippen molar-refractivity contribution in [1.82, 2.24) is 14.8 Å². The lowest BCUT2D eigenvalue weighted by molar-refractivity contribution is -0.127. The molecule has 1 fully saturated rings. The molecule has 4 amide bonds. The summed E-state index contributed by atoms with van der Waals surface area (Å²) in [5.74, 6) is -1.03. The summed E-state index contributed by atoms with van der Waals surface area (Å²) in [4.78, 5) is 50.6. The molecule has 11 heteroatoms. The Hall–Kier alpha value is -4.64. The molecular weight excluding hydrogens is 556 g/mol. The van der Waals surface area contributed by atoms with Gasteiger partial charge < -0.3 is 24.4 Å². The van der Waals surface area contributed by atoms with Gasteiger partial charge in [0.2, 0.25) is 11.7 Å². The number of hydrogen-bond acceptors (Lipinski definition) is 6. The maximum Gasteiger partial charge on any atom is 0.373 e. The summed E-state index contributed by atoms with van der Waals surface area (Å²) in [6.07, 6.45) is 3.40. The molecule has 1 saturated heterocycles. The second-order valence-electron chi connectivity index (χ2n) is 8.42. The molecule has 10 nitrogen and oxygen atoms in total. The number of carbonyl (C=O) groups excluding carboxylic acids is 4. The third-order valence-electron chi connectivity index (χ3n) is 5.89. The van der Waals surface area contributed by atoms with Crippen LogP contribution >= 0.6 is 15.9 Å². The highest BCUT2D eigenvalue weighted by Gasteiger charge is 2.35. The van der Waals surface area contributed by atoms with Gasteiger partial charge in [0.1, 0.15) is 18.0 Å². The van der Waals surface area contributed by atoms with Crippen molar-refractivity contribution < 1.29 is 28.3 Å². The number of hydrogen-bond donors (Lipinski definition) is 2. The number of carbonyl (C=O) groups is 4. The Morgan fingerprint density at radius 2 is 1.84 bits per heavy atom. The van der Waals surface area contributed by atoms with Gasteiger partial charge in [-0.05, 0) is 48.5 Å². The first-order valence-corrected chi connectivity index (χ1v) is 12.3. The van der Waals surface area contributed by atoms with Gasteiger partial charge >= 0.3 is 12.0 Å². The van der Waals surface area contributed by atoms with E-state index in [-0.39, 0.29) is 11.5 Å². The second kappa shape index (κ2) is 10.4. The van der Waals surface area contributed by atoms with E-state index in [2.05, 4.69) is 31.3 Å². The first-order chi connectivity index (χ1) is 18.3. The quantitative estimate of drug-likeness (QED) is 0.191. The highest BCUT2D eigenvalue weighted by molar-refractivity contribution is 9.10. The van der Waals surface area contributed by atoms with Crippen LogP contribution < -0.4 is 10.6 Å². The number of halogens is 1. The molecule has 0 radical (unpaired) electrons. The average Bonchev–Trinajstić information content (AvgIpc) is 3.59. The molecular formula is C27H21BrN4O6. The predicted octanol–water partition coefficient (Wildman–Crippen LogP) is 4.36. The number of para-hydroxylation sites is 1. The van der Waals surface area contributed by atoms with Crippen molar-refractivity contribution in [1.29, 1.82) is 0 Å². The third-order valence-corrected chi connectivity index (χ3v) is 6.41. The number of nitrogens with zero attached hydrogens (tertiary/aromatic N) is 2. The van der Waals surface area contributed by atoms with Crippen LogP contribution in [0.25, 0.3) is 17.0 Å². The van der Waals surface area contributed by atoms with Crippen LogP contribution in [0.5, 0.6) is 0 Å². The number of aromatic nitrogens is 1. The minimum absolute atomic E-state index is 0.0559. The topological polar surface area (TPSA) is 123 Å². The molecule has 38 heavy (non-hydrogen) atoms. The lowest BCUT2D eigenvalue weighted by Gasteiger charge is -2.12. The van der Waals surface area contributed by atoms with Crippen LogP contribution in [0.2, 0.25) is 0 Å². The first kappa shape index (κ1) is 25.0. The fraction of sp³-hybridized carbons (Fsp3) is 0.111. The van der Waals surface area contributed by atoms with Crippen molar-refractivity contribution in [2.75, 3.05) is 19.0 Å². The number of anilines is 1. The van der Waals surface area contributed by atoms with Gasteiger partial charge in [0, 0.05) is 32.8 Å². The van der Waals surface area contributed by atoms with E-state index in [9.17, 15) is 19.2 Å². The van der Waals surface area contributed by atoms with E-state index < -0.39 is 30.4 Å². The summed E-state index contributed by atoms with van der Waals surface area (Å²) in [6, 6.07) is 17.1. The van der Waals surface area contributed by atoms with Crippen molar-refractivity contribution in [3.63, 3.8) is 0 Å². The Morgan fingerprint density at radius 1 is 1.08 bits per heavy atom. The molecule has 0 aliphatic carbocycles. The van der Waals surface area contributed by atoms with Crippen molar-refractivity contribution in [3.8, 4) is 0 Å². The minimum atomic E-state index is -0.679. The normalized spacial score (nSPS) is 14.3. The Morgan fingerprint density at radius 3 is 2.61 bits per heavy atom. The van der Waals surface area contributed by atoms with E-state index in [4.69, 9.17) is 4.42 Å². The summed E-state index contributed by atoms with van der Waals surface area (Å²) < 4.78 is 13.0. The number of fused-ring (bicyclic) bond motifs is 1. The first-order valence-electron chi connectivity index (χ1n) is 11.5. The molecule has 0 saturated carbocycles. The average molecular weight is 577 g/mol. The molecule has 2 aromatic heterocycles. The van der Waals surface area contributed by atoms with Gasteiger partial charge in [0.25, 0.3) is 5.91 Å². The summed E-state index contributed by atoms with van der Waals surface area (Å²) in [6.45, 7) is -0.107. The molecule has 3 heterocycles. The molecule has 2 N–H and O–H groups in total. The van der Waals surface area contributed by atoms with Crippen molar-refractivity contribution >= 4 is 62.4 Å². The van der Waals surface area contributed by atoms with Gasteiger partial charge in [-0.15, -0.1) is 0 Å². The molecule has 1 aliphatic rings. The monoisotopic (exact) mass is 576 g/mol. The molecule has 192 valence electrons. The number of benzene rings is 2. The molecule has 0 bridgehead atoms. The lowest BCUT2D eigenvalue weighted by Crippen LogP contribution is -2.38. The summed E-state index contributed by atoms with van der Waals surface area (Å²) in [7, 11) is 1.28. The number of methoxy groups -OCH3 is 1. The molecule has 1 aliphatic heterocycles. The van der Waals surface area contributed by atoms with Crippen LogP contribution in [-0.2, 0) is 20.9 Å². The molecule has 0 unspecified atom stereocenters. The van der Waals surface area contributed by atoms with Crippen LogP contribution in [0, 0.1) is 0 Å². The predicted molar refractivity (Wildman–Crippen MR) is 142 cm³/mol. The minimum Gasteiger partial charge on any atom is -0.463 e. The molecule has 5 rings (SSSR count). The van der Waals surface area contributed by atoms with Gasteiger partial charge in [-0.25, -0.2) is 14.5 Å². The molecule has 4 aromatic rings. The van der Waals surface area contributed by atoms with Gasteiger partial charge in [-0.1, -0.05) is 34.1 Å². The number of amides is 4. The number of urea groups is 1. The van der Waals surface area contributed by atoms with Crippen LogP contribution in [0.15, 0.2) is 81.4 Å². The summed E-state index contributed by atoms with van der Waals surface area (Å²) >= 11 is 3.33. The van der Waals surface area contributed by atoms with E-state index in [0.717, 1.165) is 20.3 Å². The van der Waals surface area contributed by atoms with Crippen LogP contribution in [0.1, 0.15) is 21.9 Å². The highest BCUT2D eigenvalue weighted by Crippen LogP contribution is 2.26. The molecule has 2 aromatic carbocycles. The number of esters is 1. The number of ether oxygens (including phenoxy) is 1. The van der Waals surface area contributed by atoms with Crippen molar-refractivity contribution in [3.05, 3.63) is 94.1 Å². The number of rotatable bonds is 7. The maximum absolute atomic E-state index is 13.0. The lowest BCUT2D eigenvalue weighted by atomic mass is 10.1. The largest absolute Gasteiger partial charge is 0.463 e. The van der Waals surface area contributed by atoms with Crippen LogP contribution in [0.3, 0.4) is 0 Å². The Labute approximate surface area is 225 Å².